The lowest BCUT2D eigenvalue weighted by molar-refractivity contribution is -0.0203. The first kappa shape index (κ1) is 16.5. The molecule has 2 heteroatoms. The fourth-order valence-corrected chi connectivity index (χ4v) is 3.20. The maximum Gasteiger partial charge on any atom is 0.0955 e. The zero-order valence-corrected chi connectivity index (χ0v) is 13.7. The molecule has 1 aromatic rings. The van der Waals surface area contributed by atoms with E-state index in [0.717, 1.165) is 13.1 Å². The molecular formula is C19H31NO. The Morgan fingerprint density at radius 2 is 1.86 bits per heavy atom. The Labute approximate surface area is 130 Å². The van der Waals surface area contributed by atoms with Crippen molar-refractivity contribution < 1.29 is 4.74 Å². The van der Waals surface area contributed by atoms with Gasteiger partial charge in [0.1, 0.15) is 0 Å². The molecule has 0 radical (unpaired) electrons. The number of ether oxygens (including phenoxy) is 1. The molecular weight excluding hydrogens is 258 g/mol. The second-order valence-electron chi connectivity index (χ2n) is 6.30. The molecule has 1 fully saturated rings. The fraction of sp³-hybridized carbons (Fsp3) is 0.684. The topological polar surface area (TPSA) is 21.3 Å². The molecule has 1 N–H and O–H groups in total. The van der Waals surface area contributed by atoms with Crippen LogP contribution in [0.5, 0.6) is 0 Å². The van der Waals surface area contributed by atoms with Crippen LogP contribution in [0.15, 0.2) is 24.3 Å². The Bertz CT molecular complexity index is 396. The average molecular weight is 289 g/mol. The van der Waals surface area contributed by atoms with Gasteiger partial charge in [0.2, 0.25) is 0 Å². The van der Waals surface area contributed by atoms with E-state index in [1.54, 1.807) is 0 Å². The normalized spacial score (nSPS) is 18.4. The molecule has 1 aliphatic rings. The van der Waals surface area contributed by atoms with E-state index < -0.39 is 0 Å². The van der Waals surface area contributed by atoms with Crippen LogP contribution in [0.25, 0.3) is 0 Å². The highest BCUT2D eigenvalue weighted by Crippen LogP contribution is 2.27. The summed E-state index contributed by atoms with van der Waals surface area (Å²) in [4.78, 5) is 0. The lowest BCUT2D eigenvalue weighted by Gasteiger charge is -2.26. The molecule has 1 saturated carbocycles. The monoisotopic (exact) mass is 289 g/mol. The van der Waals surface area contributed by atoms with Crippen LogP contribution in [0, 0.1) is 6.92 Å². The van der Waals surface area contributed by atoms with Crippen molar-refractivity contribution in [2.24, 2.45) is 0 Å². The van der Waals surface area contributed by atoms with Gasteiger partial charge in [0, 0.05) is 6.54 Å². The van der Waals surface area contributed by atoms with Gasteiger partial charge in [0.05, 0.1) is 12.2 Å². The summed E-state index contributed by atoms with van der Waals surface area (Å²) in [5, 5.41) is 3.54. The van der Waals surface area contributed by atoms with Crippen molar-refractivity contribution in [1.29, 1.82) is 0 Å². The first-order valence-electron chi connectivity index (χ1n) is 8.73. The Kier molecular flexibility index (Phi) is 7.25. The largest absolute Gasteiger partial charge is 0.369 e. The van der Waals surface area contributed by atoms with Crippen LogP contribution in [0.1, 0.15) is 69.1 Å². The van der Waals surface area contributed by atoms with Crippen molar-refractivity contribution in [3.8, 4) is 0 Å². The van der Waals surface area contributed by atoms with Crippen LogP contribution in [-0.2, 0) is 4.74 Å². The molecule has 118 valence electrons. The summed E-state index contributed by atoms with van der Waals surface area (Å²) in [7, 11) is 0. The van der Waals surface area contributed by atoms with Gasteiger partial charge >= 0.3 is 0 Å². The third-order valence-corrected chi connectivity index (χ3v) is 4.45. The van der Waals surface area contributed by atoms with Crippen molar-refractivity contribution in [3.63, 3.8) is 0 Å². The van der Waals surface area contributed by atoms with Crippen LogP contribution < -0.4 is 5.32 Å². The zero-order chi connectivity index (χ0) is 14.9. The molecule has 2 rings (SSSR count). The first-order chi connectivity index (χ1) is 10.3. The van der Waals surface area contributed by atoms with E-state index in [0.29, 0.717) is 6.10 Å². The number of benzene rings is 1. The molecule has 21 heavy (non-hydrogen) atoms. The number of nitrogens with one attached hydrogen (secondary N) is 1. The average Bonchev–Trinajstić information content (AvgIpc) is 2.76. The van der Waals surface area contributed by atoms with Crippen molar-refractivity contribution >= 4 is 0 Å². The van der Waals surface area contributed by atoms with Crippen LogP contribution in [0.2, 0.25) is 0 Å². The Morgan fingerprint density at radius 3 is 2.52 bits per heavy atom. The van der Waals surface area contributed by atoms with E-state index in [1.807, 2.05) is 0 Å². The molecule has 0 aromatic heterocycles. The highest BCUT2D eigenvalue weighted by Gasteiger charge is 2.20. The number of aryl methyl sites for hydroxylation is 1. The van der Waals surface area contributed by atoms with Crippen LogP contribution in [0.4, 0.5) is 0 Å². The van der Waals surface area contributed by atoms with Crippen LogP contribution in [0.3, 0.4) is 0 Å². The lowest BCUT2D eigenvalue weighted by Crippen LogP contribution is -2.27. The molecule has 1 aliphatic carbocycles. The summed E-state index contributed by atoms with van der Waals surface area (Å²) >= 11 is 0. The minimum Gasteiger partial charge on any atom is -0.369 e. The summed E-state index contributed by atoms with van der Waals surface area (Å²) in [6, 6.07) is 8.66. The smallest absolute Gasteiger partial charge is 0.0955 e. The van der Waals surface area contributed by atoms with E-state index in [-0.39, 0.29) is 6.10 Å². The van der Waals surface area contributed by atoms with E-state index >= 15 is 0 Å². The lowest BCUT2D eigenvalue weighted by atomic mass is 10.0. The molecule has 0 bridgehead atoms. The fourth-order valence-electron chi connectivity index (χ4n) is 3.20. The maximum absolute atomic E-state index is 6.52. The second-order valence-corrected chi connectivity index (χ2v) is 6.30. The van der Waals surface area contributed by atoms with Gasteiger partial charge in [0.15, 0.2) is 0 Å². The Hall–Kier alpha value is -0.860. The molecule has 0 amide bonds. The SMILES string of the molecule is CCCNCC(OC1CCCCCC1)c1ccccc1C. The van der Waals surface area contributed by atoms with E-state index in [1.165, 1.54) is 56.1 Å². The van der Waals surface area contributed by atoms with Crippen molar-refractivity contribution in [1.82, 2.24) is 5.32 Å². The molecule has 1 atom stereocenters. The van der Waals surface area contributed by atoms with E-state index in [9.17, 15) is 0 Å². The second kappa shape index (κ2) is 9.22. The maximum atomic E-state index is 6.52. The van der Waals surface area contributed by atoms with Crippen molar-refractivity contribution in [2.45, 2.75) is 71.0 Å². The van der Waals surface area contributed by atoms with Gasteiger partial charge in [-0.3, -0.25) is 0 Å². The van der Waals surface area contributed by atoms with Gasteiger partial charge in [-0.1, -0.05) is 56.9 Å². The van der Waals surface area contributed by atoms with E-state index in [2.05, 4.69) is 43.4 Å². The van der Waals surface area contributed by atoms with E-state index in [4.69, 9.17) is 4.74 Å². The third kappa shape index (κ3) is 5.44. The standard InChI is InChI=1S/C19H31NO/c1-3-14-20-15-19(18-13-9-8-10-16(18)2)21-17-11-6-4-5-7-12-17/h8-10,13,17,19-20H,3-7,11-12,14-15H2,1-2H3. The quantitative estimate of drug-likeness (QED) is 0.576. The van der Waals surface area contributed by atoms with Gasteiger partial charge in [-0.15, -0.1) is 0 Å². The summed E-state index contributed by atoms with van der Waals surface area (Å²) < 4.78 is 6.52. The minimum absolute atomic E-state index is 0.195. The molecule has 0 heterocycles. The summed E-state index contributed by atoms with van der Waals surface area (Å²) in [6.07, 6.45) is 9.69. The minimum atomic E-state index is 0.195. The third-order valence-electron chi connectivity index (χ3n) is 4.45. The highest BCUT2D eigenvalue weighted by molar-refractivity contribution is 5.28. The predicted octanol–water partition coefficient (Wildman–Crippen LogP) is 4.78. The molecule has 0 spiro atoms. The summed E-state index contributed by atoms with van der Waals surface area (Å²) in [6.45, 7) is 6.39. The number of hydrogen-bond donors (Lipinski definition) is 1. The van der Waals surface area contributed by atoms with Crippen molar-refractivity contribution in [2.75, 3.05) is 13.1 Å². The van der Waals surface area contributed by atoms with Gasteiger partial charge < -0.3 is 10.1 Å². The van der Waals surface area contributed by atoms with Crippen molar-refractivity contribution in [3.05, 3.63) is 35.4 Å². The highest BCUT2D eigenvalue weighted by atomic mass is 16.5. The van der Waals surface area contributed by atoms with Crippen LogP contribution >= 0.6 is 0 Å². The number of hydrogen-bond acceptors (Lipinski definition) is 2. The van der Waals surface area contributed by atoms with Gasteiger partial charge in [-0.2, -0.15) is 0 Å². The van der Waals surface area contributed by atoms with Gasteiger partial charge in [0.25, 0.3) is 0 Å². The number of rotatable bonds is 7. The van der Waals surface area contributed by atoms with Gasteiger partial charge in [-0.05, 0) is 43.9 Å². The summed E-state index contributed by atoms with van der Waals surface area (Å²) in [5.41, 5.74) is 2.69. The van der Waals surface area contributed by atoms with Gasteiger partial charge in [-0.25, -0.2) is 0 Å². The van der Waals surface area contributed by atoms with Crippen LogP contribution in [-0.4, -0.2) is 19.2 Å². The molecule has 0 saturated heterocycles. The first-order valence-corrected chi connectivity index (χ1v) is 8.73. The molecule has 0 aliphatic heterocycles. The Balaban J connectivity index is 2.02. The molecule has 2 nitrogen and oxygen atoms in total. The zero-order valence-electron chi connectivity index (χ0n) is 13.7. The summed E-state index contributed by atoms with van der Waals surface area (Å²) in [5.74, 6) is 0. The molecule has 1 aromatic carbocycles. The predicted molar refractivity (Wildman–Crippen MR) is 89.7 cm³/mol. The molecule has 1 unspecified atom stereocenters. The Morgan fingerprint density at radius 1 is 1.14 bits per heavy atom.